The van der Waals surface area contributed by atoms with E-state index in [1.54, 1.807) is 11.3 Å². The van der Waals surface area contributed by atoms with Crippen molar-refractivity contribution in [2.75, 3.05) is 0 Å². The lowest BCUT2D eigenvalue weighted by Crippen LogP contribution is -2.25. The lowest BCUT2D eigenvalue weighted by Gasteiger charge is -2.30. The van der Waals surface area contributed by atoms with E-state index in [0.717, 1.165) is 30.4 Å². The second-order valence-corrected chi connectivity index (χ2v) is 16.0. The second-order valence-electron chi connectivity index (χ2n) is 13.9. The number of carbonyl (C=O) groups is 1. The summed E-state index contributed by atoms with van der Waals surface area (Å²) in [5.74, 6) is 0. The topological polar surface area (TPSA) is 17.1 Å². The van der Waals surface area contributed by atoms with Gasteiger partial charge in [-0.25, -0.2) is 0 Å². The van der Waals surface area contributed by atoms with E-state index in [1.807, 2.05) is 11.3 Å². The Labute approximate surface area is 299 Å². The number of aryl methyl sites for hydroxylation is 2. The lowest BCUT2D eigenvalue weighted by atomic mass is 9.70. The first-order chi connectivity index (χ1) is 24.2. The molecule has 0 saturated carbocycles. The molecule has 2 aliphatic carbocycles. The number of fused-ring (bicyclic) bond motifs is 10. The van der Waals surface area contributed by atoms with Gasteiger partial charge in [0.1, 0.15) is 0 Å². The molecule has 0 unspecified atom stereocenters. The molecule has 49 heavy (non-hydrogen) atoms. The maximum absolute atomic E-state index is 12.2. The quantitative estimate of drug-likeness (QED) is 0.0877. The maximum atomic E-state index is 12.2. The highest BCUT2D eigenvalue weighted by atomic mass is 32.1. The Morgan fingerprint density at radius 1 is 0.531 bits per heavy atom. The predicted molar refractivity (Wildman–Crippen MR) is 210 cm³/mol. The van der Waals surface area contributed by atoms with Crippen LogP contribution in [0.1, 0.15) is 108 Å². The largest absolute Gasteiger partial charge is 0.297 e. The first-order valence-corrected chi connectivity index (χ1v) is 20.0. The zero-order valence-electron chi connectivity index (χ0n) is 28.7. The molecule has 246 valence electrons. The van der Waals surface area contributed by atoms with Crippen LogP contribution < -0.4 is 0 Å². The van der Waals surface area contributed by atoms with E-state index < -0.39 is 0 Å². The number of rotatable bonds is 13. The van der Waals surface area contributed by atoms with Gasteiger partial charge in [-0.05, 0) is 105 Å². The Kier molecular flexibility index (Phi) is 8.99. The van der Waals surface area contributed by atoms with Crippen LogP contribution >= 0.6 is 22.7 Å². The van der Waals surface area contributed by atoms with Crippen LogP contribution in [0, 0.1) is 0 Å². The molecule has 1 spiro atoms. The summed E-state index contributed by atoms with van der Waals surface area (Å²) in [4.78, 5) is 17.1. The SMILES string of the molecule is CCCCCCc1cc(-c2sc(-c3ccc4c(c3)C3(c5ccccc5-c5ccccc53)c3ccccc3-4)cc2CCCCCC)sc1C=O. The molecule has 1 nitrogen and oxygen atoms in total. The molecule has 0 aliphatic heterocycles. The van der Waals surface area contributed by atoms with Crippen LogP contribution in [-0.4, -0.2) is 6.29 Å². The van der Waals surface area contributed by atoms with Gasteiger partial charge < -0.3 is 0 Å². The van der Waals surface area contributed by atoms with Gasteiger partial charge in [0, 0.05) is 14.6 Å². The maximum Gasteiger partial charge on any atom is 0.160 e. The summed E-state index contributed by atoms with van der Waals surface area (Å²) < 4.78 is 0. The van der Waals surface area contributed by atoms with Gasteiger partial charge >= 0.3 is 0 Å². The molecule has 4 aromatic carbocycles. The van der Waals surface area contributed by atoms with Crippen molar-refractivity contribution in [3.8, 4) is 42.4 Å². The average Bonchev–Trinajstić information content (AvgIpc) is 3.90. The van der Waals surface area contributed by atoms with E-state index in [-0.39, 0.29) is 5.41 Å². The van der Waals surface area contributed by atoms with E-state index in [4.69, 9.17) is 0 Å². The van der Waals surface area contributed by atoms with E-state index in [9.17, 15) is 4.79 Å². The highest BCUT2D eigenvalue weighted by molar-refractivity contribution is 7.24. The fraction of sp³-hybridized carbons (Fsp3) is 0.283. The van der Waals surface area contributed by atoms with E-state index in [2.05, 4.69) is 117 Å². The number of unbranched alkanes of at least 4 members (excludes halogenated alkanes) is 6. The molecule has 0 bridgehead atoms. The van der Waals surface area contributed by atoms with Crippen molar-refractivity contribution in [3.05, 3.63) is 141 Å². The van der Waals surface area contributed by atoms with Gasteiger partial charge in [-0.2, -0.15) is 0 Å². The number of hydrogen-bond donors (Lipinski definition) is 0. The van der Waals surface area contributed by atoms with Crippen molar-refractivity contribution in [2.45, 2.75) is 83.5 Å². The third kappa shape index (κ3) is 5.38. The predicted octanol–water partition coefficient (Wildman–Crippen LogP) is 13.5. The number of benzene rings is 4. The number of hydrogen-bond acceptors (Lipinski definition) is 3. The molecule has 2 aliphatic rings. The van der Waals surface area contributed by atoms with Crippen LogP contribution in [-0.2, 0) is 18.3 Å². The van der Waals surface area contributed by atoms with Crippen LogP contribution in [0.2, 0.25) is 0 Å². The van der Waals surface area contributed by atoms with Crippen LogP contribution in [0.15, 0.2) is 103 Å². The highest BCUT2D eigenvalue weighted by Crippen LogP contribution is 2.63. The van der Waals surface area contributed by atoms with Crippen molar-refractivity contribution in [1.29, 1.82) is 0 Å². The summed E-state index contributed by atoms with van der Waals surface area (Å²) in [6, 6.07) is 39.2. The minimum atomic E-state index is -0.336. The Balaban J connectivity index is 1.26. The molecule has 2 aromatic heterocycles. The average molecular weight is 677 g/mol. The summed E-state index contributed by atoms with van der Waals surface area (Å²) in [6.07, 6.45) is 13.0. The normalized spacial score (nSPS) is 13.3. The zero-order chi connectivity index (χ0) is 33.4. The van der Waals surface area contributed by atoms with Crippen molar-refractivity contribution in [1.82, 2.24) is 0 Å². The molecule has 6 aromatic rings. The fourth-order valence-electron chi connectivity index (χ4n) is 8.55. The molecule has 0 radical (unpaired) electrons. The molecular formula is C46H44OS2. The standard InChI is InChI=1S/C46H44OS2/c1-3-5-7-9-17-31-28-43(48-44(31)30-47)45-33(18-10-8-6-4-2)29-42(49-45)32-25-26-37-36-21-13-16-24-40(36)46(41(37)27-32)38-22-14-11-19-34(38)35-20-12-15-23-39(35)46/h11-16,19-30H,3-10,17-18H2,1-2H3. The van der Waals surface area contributed by atoms with Gasteiger partial charge in [0.15, 0.2) is 6.29 Å². The van der Waals surface area contributed by atoms with Gasteiger partial charge in [0.25, 0.3) is 0 Å². The Morgan fingerprint density at radius 3 is 1.63 bits per heavy atom. The second kappa shape index (κ2) is 13.7. The third-order valence-electron chi connectivity index (χ3n) is 10.9. The molecule has 0 saturated heterocycles. The van der Waals surface area contributed by atoms with Gasteiger partial charge in [0.2, 0.25) is 0 Å². The first kappa shape index (κ1) is 32.2. The minimum Gasteiger partial charge on any atom is -0.297 e. The van der Waals surface area contributed by atoms with Crippen molar-refractivity contribution in [2.24, 2.45) is 0 Å². The van der Waals surface area contributed by atoms with Crippen molar-refractivity contribution >= 4 is 29.0 Å². The van der Waals surface area contributed by atoms with Gasteiger partial charge in [-0.15, -0.1) is 22.7 Å². The van der Waals surface area contributed by atoms with Gasteiger partial charge in [-0.1, -0.05) is 137 Å². The Bertz CT molecular complexity index is 2080. The summed E-state index contributed by atoms with van der Waals surface area (Å²) in [7, 11) is 0. The van der Waals surface area contributed by atoms with Gasteiger partial charge in [-0.3, -0.25) is 4.79 Å². The zero-order valence-corrected chi connectivity index (χ0v) is 30.3. The Hall–Kier alpha value is -4.05. The molecule has 0 fully saturated rings. The van der Waals surface area contributed by atoms with Crippen molar-refractivity contribution < 1.29 is 4.79 Å². The van der Waals surface area contributed by atoms with Crippen LogP contribution in [0.4, 0.5) is 0 Å². The van der Waals surface area contributed by atoms with Crippen LogP contribution in [0.5, 0.6) is 0 Å². The van der Waals surface area contributed by atoms with Gasteiger partial charge in [0.05, 0.1) is 10.3 Å². The lowest BCUT2D eigenvalue weighted by molar-refractivity contribution is 0.112. The summed E-state index contributed by atoms with van der Waals surface area (Å²) in [5, 5.41) is 0. The van der Waals surface area contributed by atoms with Crippen LogP contribution in [0.25, 0.3) is 42.4 Å². The van der Waals surface area contributed by atoms with E-state index >= 15 is 0 Å². The smallest absolute Gasteiger partial charge is 0.160 e. The molecule has 0 N–H and O–H groups in total. The third-order valence-corrected chi connectivity index (χ3v) is 13.4. The molecule has 2 heterocycles. The van der Waals surface area contributed by atoms with E-state index in [1.165, 1.54) is 121 Å². The number of aldehydes is 1. The summed E-state index contributed by atoms with van der Waals surface area (Å²) in [6.45, 7) is 4.53. The van der Waals surface area contributed by atoms with E-state index in [0.29, 0.717) is 0 Å². The molecule has 0 amide bonds. The van der Waals surface area contributed by atoms with Crippen molar-refractivity contribution in [3.63, 3.8) is 0 Å². The Morgan fingerprint density at radius 2 is 1.06 bits per heavy atom. The summed E-state index contributed by atoms with van der Waals surface area (Å²) in [5.41, 5.74) is 14.5. The minimum absolute atomic E-state index is 0.336. The highest BCUT2D eigenvalue weighted by Gasteiger charge is 2.51. The molecule has 3 heteroatoms. The first-order valence-electron chi connectivity index (χ1n) is 18.3. The molecular weight excluding hydrogens is 633 g/mol. The molecule has 8 rings (SSSR count). The number of carbonyl (C=O) groups excluding carboxylic acids is 1. The number of thiophene rings is 2. The molecule has 0 atom stereocenters. The summed E-state index contributed by atoms with van der Waals surface area (Å²) >= 11 is 3.62. The van der Waals surface area contributed by atoms with Crippen LogP contribution in [0.3, 0.4) is 0 Å². The monoisotopic (exact) mass is 676 g/mol. The fourth-order valence-corrected chi connectivity index (χ4v) is 10.9.